The van der Waals surface area contributed by atoms with Crippen molar-refractivity contribution in [2.75, 3.05) is 11.9 Å². The zero-order valence-corrected chi connectivity index (χ0v) is 8.55. The van der Waals surface area contributed by atoms with Crippen molar-refractivity contribution >= 4 is 16.7 Å². The molecule has 98 valence electrons. The Hall–Kier alpha value is -1.13. The van der Waals surface area contributed by atoms with Crippen molar-refractivity contribution in [1.82, 2.24) is 9.36 Å². The van der Waals surface area contributed by atoms with Crippen LogP contribution in [0.5, 0.6) is 0 Å². The number of nitrogens with zero attached hydrogens (tertiary/aromatic N) is 2. The summed E-state index contributed by atoms with van der Waals surface area (Å²) in [7, 11) is 0. The van der Waals surface area contributed by atoms with Crippen LogP contribution in [0.4, 0.5) is 35.9 Å². The first-order valence-electron chi connectivity index (χ1n) is 3.93. The average Bonchev–Trinajstić information content (AvgIpc) is 2.62. The molecule has 0 spiro atoms. The Kier molecular flexibility index (Phi) is 3.79. The van der Waals surface area contributed by atoms with Gasteiger partial charge in [0.1, 0.15) is 0 Å². The van der Waals surface area contributed by atoms with Crippen LogP contribution in [0.2, 0.25) is 0 Å². The molecule has 17 heavy (non-hydrogen) atoms. The Labute approximate surface area is 93.8 Å². The molecule has 0 amide bonds. The zero-order chi connectivity index (χ0) is 13.3. The minimum absolute atomic E-state index is 0.158. The van der Waals surface area contributed by atoms with E-state index in [1.807, 2.05) is 0 Å². The third kappa shape index (κ3) is 3.68. The van der Waals surface area contributed by atoms with E-state index >= 15 is 0 Å². The van der Waals surface area contributed by atoms with Gasteiger partial charge in [-0.3, -0.25) is 0 Å². The van der Waals surface area contributed by atoms with Gasteiger partial charge in [-0.05, 0) is 0 Å². The summed E-state index contributed by atoms with van der Waals surface area (Å²) in [5.74, 6) is -5.85. The standard InChI is InChI=1S/C6H4F7N3S/c7-2(8)5(9,10)1-14-4-15-3(16-17-4)6(11,12)13/h2H,1H2,(H,14,15,16). The van der Waals surface area contributed by atoms with Crippen LogP contribution >= 0.6 is 11.5 Å². The molecule has 0 saturated heterocycles. The van der Waals surface area contributed by atoms with Crippen molar-refractivity contribution in [1.29, 1.82) is 0 Å². The summed E-state index contributed by atoms with van der Waals surface area (Å²) in [5, 5.41) is 1.07. The number of nitrogens with one attached hydrogen (secondary N) is 1. The molecule has 1 rings (SSSR count). The van der Waals surface area contributed by atoms with Crippen molar-refractivity contribution in [3.05, 3.63) is 5.82 Å². The maximum absolute atomic E-state index is 12.4. The molecule has 3 nitrogen and oxygen atoms in total. The number of alkyl halides is 7. The van der Waals surface area contributed by atoms with Gasteiger partial charge in [-0.15, -0.1) is 0 Å². The van der Waals surface area contributed by atoms with Crippen LogP contribution < -0.4 is 5.32 Å². The van der Waals surface area contributed by atoms with Crippen molar-refractivity contribution in [3.63, 3.8) is 0 Å². The van der Waals surface area contributed by atoms with Gasteiger partial charge in [0, 0.05) is 11.5 Å². The lowest BCUT2D eigenvalue weighted by atomic mass is 10.3. The minimum Gasteiger partial charge on any atom is -0.354 e. The summed E-state index contributed by atoms with van der Waals surface area (Å²) in [6.07, 6.45) is -8.72. The second-order valence-corrected chi connectivity index (χ2v) is 3.59. The number of hydrogen-bond donors (Lipinski definition) is 1. The molecule has 0 aliphatic rings. The highest BCUT2D eigenvalue weighted by Crippen LogP contribution is 2.29. The predicted molar refractivity (Wildman–Crippen MR) is 44.4 cm³/mol. The largest absolute Gasteiger partial charge is 0.452 e. The summed E-state index contributed by atoms with van der Waals surface area (Å²) in [6, 6.07) is 0. The van der Waals surface area contributed by atoms with Crippen LogP contribution in [-0.2, 0) is 6.18 Å². The van der Waals surface area contributed by atoms with E-state index in [1.54, 1.807) is 5.32 Å². The van der Waals surface area contributed by atoms with Gasteiger partial charge in [-0.1, -0.05) is 0 Å². The van der Waals surface area contributed by atoms with E-state index in [2.05, 4.69) is 9.36 Å². The molecule has 0 radical (unpaired) electrons. The van der Waals surface area contributed by atoms with Gasteiger partial charge < -0.3 is 5.32 Å². The van der Waals surface area contributed by atoms with E-state index in [0.29, 0.717) is 0 Å². The van der Waals surface area contributed by atoms with Gasteiger partial charge >= 0.3 is 18.5 Å². The van der Waals surface area contributed by atoms with Crippen molar-refractivity contribution in [3.8, 4) is 0 Å². The molecule has 0 atom stereocenters. The predicted octanol–water partition coefficient (Wildman–Crippen LogP) is 2.87. The first kappa shape index (κ1) is 13.9. The first-order chi connectivity index (χ1) is 7.63. The van der Waals surface area contributed by atoms with E-state index < -0.39 is 36.0 Å². The van der Waals surface area contributed by atoms with Gasteiger partial charge in [-0.25, -0.2) is 8.78 Å². The van der Waals surface area contributed by atoms with Crippen molar-refractivity contribution < 1.29 is 30.7 Å². The van der Waals surface area contributed by atoms with E-state index in [0.717, 1.165) is 0 Å². The van der Waals surface area contributed by atoms with Crippen LogP contribution in [-0.4, -0.2) is 28.3 Å². The monoisotopic (exact) mass is 283 g/mol. The molecule has 1 heterocycles. The maximum Gasteiger partial charge on any atom is 0.452 e. The van der Waals surface area contributed by atoms with Crippen LogP contribution in [0, 0.1) is 0 Å². The number of halogens is 7. The van der Waals surface area contributed by atoms with Crippen molar-refractivity contribution in [2.45, 2.75) is 18.5 Å². The fourth-order valence-electron chi connectivity index (χ4n) is 0.681. The Balaban J connectivity index is 2.63. The summed E-state index contributed by atoms with van der Waals surface area (Å²) in [6.45, 7) is -1.52. The highest BCUT2D eigenvalue weighted by molar-refractivity contribution is 7.09. The Morgan fingerprint density at radius 1 is 1.18 bits per heavy atom. The molecule has 0 bridgehead atoms. The fraction of sp³-hybridized carbons (Fsp3) is 0.667. The number of hydrogen-bond acceptors (Lipinski definition) is 4. The molecule has 0 fully saturated rings. The molecule has 0 unspecified atom stereocenters. The van der Waals surface area contributed by atoms with E-state index in [4.69, 9.17) is 0 Å². The van der Waals surface area contributed by atoms with E-state index in [9.17, 15) is 30.7 Å². The van der Waals surface area contributed by atoms with E-state index in [1.165, 1.54) is 0 Å². The second-order valence-electron chi connectivity index (χ2n) is 2.84. The molecular weight excluding hydrogens is 279 g/mol. The molecule has 1 N–H and O–H groups in total. The van der Waals surface area contributed by atoms with Gasteiger partial charge in [0.25, 0.3) is 0 Å². The second kappa shape index (κ2) is 4.63. The molecule has 0 aromatic carbocycles. The van der Waals surface area contributed by atoms with Crippen LogP contribution in [0.25, 0.3) is 0 Å². The lowest BCUT2D eigenvalue weighted by molar-refractivity contribution is -0.144. The zero-order valence-electron chi connectivity index (χ0n) is 7.73. The summed E-state index contributed by atoms with van der Waals surface area (Å²) < 4.78 is 87.0. The topological polar surface area (TPSA) is 37.8 Å². The maximum atomic E-state index is 12.4. The Bertz CT molecular complexity index is 374. The molecule has 0 aliphatic heterocycles. The average molecular weight is 283 g/mol. The Morgan fingerprint density at radius 3 is 2.18 bits per heavy atom. The summed E-state index contributed by atoms with van der Waals surface area (Å²) >= 11 is 0.158. The molecule has 0 aliphatic carbocycles. The van der Waals surface area contributed by atoms with Gasteiger partial charge in [0.2, 0.25) is 11.0 Å². The molecular formula is C6H4F7N3S. The Morgan fingerprint density at radius 2 is 1.76 bits per heavy atom. The summed E-state index contributed by atoms with van der Waals surface area (Å²) in [4.78, 5) is 2.84. The molecule has 0 saturated carbocycles. The van der Waals surface area contributed by atoms with Crippen molar-refractivity contribution in [2.24, 2.45) is 0 Å². The molecule has 1 aromatic heterocycles. The van der Waals surface area contributed by atoms with Crippen LogP contribution in [0.3, 0.4) is 0 Å². The smallest absolute Gasteiger partial charge is 0.354 e. The molecule has 1 aromatic rings. The van der Waals surface area contributed by atoms with Crippen LogP contribution in [0.15, 0.2) is 0 Å². The molecule has 11 heteroatoms. The number of rotatable bonds is 4. The number of anilines is 1. The lowest BCUT2D eigenvalue weighted by Crippen LogP contribution is -2.34. The number of aromatic nitrogens is 2. The lowest BCUT2D eigenvalue weighted by Gasteiger charge is -2.14. The minimum atomic E-state index is -4.80. The van der Waals surface area contributed by atoms with E-state index in [-0.39, 0.29) is 11.5 Å². The van der Waals surface area contributed by atoms with Gasteiger partial charge in [-0.2, -0.15) is 31.3 Å². The fourth-order valence-corrected chi connectivity index (χ4v) is 1.26. The van der Waals surface area contributed by atoms with Gasteiger partial charge in [0.15, 0.2) is 0 Å². The normalized spacial score (nSPS) is 13.2. The highest BCUT2D eigenvalue weighted by Gasteiger charge is 2.41. The third-order valence-corrected chi connectivity index (χ3v) is 2.15. The van der Waals surface area contributed by atoms with Gasteiger partial charge in [0.05, 0.1) is 6.54 Å². The quantitative estimate of drug-likeness (QED) is 0.863. The third-order valence-electron chi connectivity index (χ3n) is 1.47. The van der Waals surface area contributed by atoms with Crippen LogP contribution in [0.1, 0.15) is 5.82 Å². The SMILES string of the molecule is FC(F)C(F)(F)CNc1nc(C(F)(F)F)ns1. The highest BCUT2D eigenvalue weighted by atomic mass is 32.1. The summed E-state index contributed by atoms with van der Waals surface area (Å²) in [5.41, 5.74) is 0. The first-order valence-corrected chi connectivity index (χ1v) is 4.71.